The van der Waals surface area contributed by atoms with E-state index in [-0.39, 0.29) is 29.1 Å². The number of aryl methyl sites for hydroxylation is 1. The molecule has 3 rings (SSSR count). The smallest absolute Gasteiger partial charge is 0.258 e. The van der Waals surface area contributed by atoms with Gasteiger partial charge in [-0.25, -0.2) is 4.63 Å². The van der Waals surface area contributed by atoms with E-state index in [4.69, 9.17) is 9.05 Å². The van der Waals surface area contributed by atoms with Crippen molar-refractivity contribution in [3.63, 3.8) is 0 Å². The first-order chi connectivity index (χ1) is 13.8. The second-order valence-electron chi connectivity index (χ2n) is 6.66. The fraction of sp³-hybridized carbons (Fsp3) is 0.316. The molecule has 0 unspecified atom stereocenters. The summed E-state index contributed by atoms with van der Waals surface area (Å²) in [7, 11) is 3.22. The molecule has 1 aromatic carbocycles. The van der Waals surface area contributed by atoms with E-state index in [1.54, 1.807) is 26.2 Å². The van der Waals surface area contributed by atoms with Crippen LogP contribution in [0.1, 0.15) is 41.3 Å². The topological polar surface area (TPSA) is 117 Å². The zero-order valence-electron chi connectivity index (χ0n) is 16.5. The summed E-state index contributed by atoms with van der Waals surface area (Å²) in [5, 5.41) is 24.6. The van der Waals surface area contributed by atoms with Crippen molar-refractivity contribution in [2.24, 2.45) is 0 Å². The number of aromatic nitrogens is 2. The van der Waals surface area contributed by atoms with Crippen LogP contribution in [0, 0.1) is 6.92 Å². The molecule has 0 aliphatic rings. The summed E-state index contributed by atoms with van der Waals surface area (Å²) in [6.45, 7) is 3.89. The van der Waals surface area contributed by atoms with Crippen LogP contribution >= 0.6 is 15.9 Å². The van der Waals surface area contributed by atoms with Gasteiger partial charge >= 0.3 is 0 Å². The van der Waals surface area contributed by atoms with Crippen molar-refractivity contribution < 1.29 is 18.9 Å². The van der Waals surface area contributed by atoms with E-state index >= 15 is 0 Å². The number of nitrogens with one attached hydrogen (secondary N) is 2. The van der Waals surface area contributed by atoms with Crippen molar-refractivity contribution >= 4 is 39.2 Å². The molecule has 0 saturated carbocycles. The molecule has 2 aromatic heterocycles. The highest BCUT2D eigenvalue weighted by atomic mass is 79.9. The van der Waals surface area contributed by atoms with Crippen LogP contribution in [0.3, 0.4) is 0 Å². The lowest BCUT2D eigenvalue weighted by Gasteiger charge is -2.17. The number of aromatic hydroxyl groups is 1. The number of carbonyl (C=O) groups excluding carboxylic acids is 1. The third-order valence-electron chi connectivity index (χ3n) is 4.31. The Morgan fingerprint density at radius 2 is 1.97 bits per heavy atom. The highest BCUT2D eigenvalue weighted by molar-refractivity contribution is 9.10. The number of benzene rings is 1. The quantitative estimate of drug-likeness (QED) is 0.440. The minimum atomic E-state index is -0.339. The molecule has 1 amide bonds. The van der Waals surface area contributed by atoms with Crippen LogP contribution in [0.4, 0.5) is 17.3 Å². The number of nitrogens with zero attached hydrogens (tertiary/aromatic N) is 3. The van der Waals surface area contributed by atoms with E-state index < -0.39 is 0 Å². The van der Waals surface area contributed by atoms with Crippen molar-refractivity contribution in [3.8, 4) is 5.75 Å². The van der Waals surface area contributed by atoms with Crippen LogP contribution in [0.5, 0.6) is 5.75 Å². The van der Waals surface area contributed by atoms with Crippen LogP contribution < -0.4 is 10.6 Å². The Labute approximate surface area is 176 Å². The van der Waals surface area contributed by atoms with E-state index in [0.29, 0.717) is 16.0 Å². The molecule has 0 spiro atoms. The first-order valence-electron chi connectivity index (χ1n) is 8.97. The van der Waals surface area contributed by atoms with Gasteiger partial charge in [-0.15, -0.1) is 0 Å². The number of amides is 1. The van der Waals surface area contributed by atoms with Crippen LogP contribution in [0.15, 0.2) is 37.8 Å². The highest BCUT2D eigenvalue weighted by Gasteiger charge is 2.23. The number of hydrogen-bond donors (Lipinski definition) is 3. The Bertz CT molecular complexity index is 1010. The second kappa shape index (κ2) is 8.56. The summed E-state index contributed by atoms with van der Waals surface area (Å²) in [4.78, 5) is 13.8. The molecule has 1 atom stereocenters. The normalized spacial score (nSPS) is 11.9. The Balaban J connectivity index is 1.87. The number of phenols is 1. The number of halogens is 1. The second-order valence-corrected chi connectivity index (χ2v) is 7.51. The van der Waals surface area contributed by atoms with Gasteiger partial charge in [0.2, 0.25) is 11.6 Å². The predicted molar refractivity (Wildman–Crippen MR) is 112 cm³/mol. The fourth-order valence-corrected chi connectivity index (χ4v) is 3.26. The first kappa shape index (κ1) is 20.7. The van der Waals surface area contributed by atoms with Gasteiger partial charge in [-0.3, -0.25) is 4.79 Å². The lowest BCUT2D eigenvalue weighted by Crippen LogP contribution is -2.22. The van der Waals surface area contributed by atoms with E-state index in [1.165, 1.54) is 4.90 Å². The lowest BCUT2D eigenvalue weighted by molar-refractivity contribution is 0.0824. The molecular weight excluding hydrogens is 442 g/mol. The Morgan fingerprint density at radius 1 is 1.24 bits per heavy atom. The maximum atomic E-state index is 12.4. The molecule has 0 saturated heterocycles. The molecule has 9 nitrogen and oxygen atoms in total. The first-order valence-corrected chi connectivity index (χ1v) is 9.76. The van der Waals surface area contributed by atoms with E-state index in [9.17, 15) is 9.90 Å². The molecule has 0 bridgehead atoms. The van der Waals surface area contributed by atoms with Crippen molar-refractivity contribution in [1.29, 1.82) is 0 Å². The molecule has 0 fully saturated rings. The van der Waals surface area contributed by atoms with Crippen molar-refractivity contribution in [3.05, 3.63) is 45.8 Å². The number of rotatable bonds is 7. The van der Waals surface area contributed by atoms with Crippen molar-refractivity contribution in [2.45, 2.75) is 26.3 Å². The summed E-state index contributed by atoms with van der Waals surface area (Å²) < 4.78 is 11.0. The van der Waals surface area contributed by atoms with Gasteiger partial charge in [-0.2, -0.15) is 0 Å². The minimum absolute atomic E-state index is 0.138. The SMILES string of the molecule is CC[C@@H](Nc1nonc1Nc1ccc(Br)c(C(=O)N(C)C)c1O)c1ccc(C)o1. The van der Waals surface area contributed by atoms with Gasteiger partial charge < -0.3 is 25.1 Å². The summed E-state index contributed by atoms with van der Waals surface area (Å²) in [6, 6.07) is 6.94. The van der Waals surface area contributed by atoms with Crippen LogP contribution in [0.2, 0.25) is 0 Å². The summed E-state index contributed by atoms with van der Waals surface area (Å²) in [6.07, 6.45) is 0.740. The number of hydrogen-bond acceptors (Lipinski definition) is 8. The lowest BCUT2D eigenvalue weighted by atomic mass is 10.1. The van der Waals surface area contributed by atoms with Crippen molar-refractivity contribution in [1.82, 2.24) is 15.2 Å². The number of furan rings is 1. The number of phenolic OH excluding ortho intramolecular Hbond substituents is 1. The zero-order chi connectivity index (χ0) is 21.1. The fourth-order valence-electron chi connectivity index (χ4n) is 2.77. The third-order valence-corrected chi connectivity index (χ3v) is 4.97. The van der Waals surface area contributed by atoms with Gasteiger partial charge in [-0.1, -0.05) is 6.92 Å². The van der Waals surface area contributed by atoms with Crippen LogP contribution in [-0.4, -0.2) is 40.3 Å². The molecule has 10 heteroatoms. The maximum Gasteiger partial charge on any atom is 0.258 e. The van der Waals surface area contributed by atoms with Gasteiger partial charge in [0.1, 0.15) is 11.5 Å². The van der Waals surface area contributed by atoms with Gasteiger partial charge in [0, 0.05) is 18.6 Å². The summed E-state index contributed by atoms with van der Waals surface area (Å²) >= 11 is 3.31. The molecule has 3 aromatic rings. The Kier molecular flexibility index (Phi) is 6.12. The molecule has 3 N–H and O–H groups in total. The zero-order valence-corrected chi connectivity index (χ0v) is 18.1. The monoisotopic (exact) mass is 463 g/mol. The van der Waals surface area contributed by atoms with Crippen LogP contribution in [-0.2, 0) is 0 Å². The largest absolute Gasteiger partial charge is 0.505 e. The van der Waals surface area contributed by atoms with Crippen LogP contribution in [0.25, 0.3) is 0 Å². The molecule has 0 aliphatic heterocycles. The average Bonchev–Trinajstić information content (AvgIpc) is 3.30. The molecular formula is C19H22BrN5O4. The van der Waals surface area contributed by atoms with Gasteiger partial charge in [0.25, 0.3) is 5.91 Å². The minimum Gasteiger partial charge on any atom is -0.505 e. The number of carbonyl (C=O) groups is 1. The summed E-state index contributed by atoms with van der Waals surface area (Å²) in [5.41, 5.74) is 0.433. The highest BCUT2D eigenvalue weighted by Crippen LogP contribution is 2.37. The predicted octanol–water partition coefficient (Wildman–Crippen LogP) is 4.45. The standard InChI is InChI=1S/C19H22BrN5O4/c1-5-12(14-9-6-10(2)28-14)21-17-18(24-29-23-17)22-13-8-7-11(20)15(16(13)26)19(27)25(3)4/h6-9,12,26H,5H2,1-4H3,(H,21,23)(H,22,24)/t12-/m1/s1. The molecule has 154 valence electrons. The maximum absolute atomic E-state index is 12.4. The third kappa shape index (κ3) is 4.37. The van der Waals surface area contributed by atoms with E-state index in [0.717, 1.165) is 17.9 Å². The van der Waals surface area contributed by atoms with Gasteiger partial charge in [-0.05, 0) is 63.9 Å². The van der Waals surface area contributed by atoms with Crippen molar-refractivity contribution in [2.75, 3.05) is 24.7 Å². The Hall–Kier alpha value is -3.01. The van der Waals surface area contributed by atoms with Gasteiger partial charge in [0.15, 0.2) is 5.75 Å². The molecule has 29 heavy (non-hydrogen) atoms. The summed E-state index contributed by atoms with van der Waals surface area (Å²) in [5.74, 6) is 1.66. The molecule has 0 radical (unpaired) electrons. The van der Waals surface area contributed by atoms with E-state index in [1.807, 2.05) is 26.0 Å². The Morgan fingerprint density at radius 3 is 2.59 bits per heavy atom. The molecule has 0 aliphatic carbocycles. The average molecular weight is 464 g/mol. The van der Waals surface area contributed by atoms with Gasteiger partial charge in [0.05, 0.1) is 17.3 Å². The number of anilines is 3. The molecule has 2 heterocycles. The van der Waals surface area contributed by atoms with E-state index in [2.05, 4.69) is 36.9 Å².